The Morgan fingerprint density at radius 2 is 1.69 bits per heavy atom. The largest absolute Gasteiger partial charge is 0.497 e. The zero-order valence-electron chi connectivity index (χ0n) is 20.8. The molecule has 0 fully saturated rings. The van der Waals surface area contributed by atoms with Crippen molar-refractivity contribution < 1.29 is 14.3 Å². The summed E-state index contributed by atoms with van der Waals surface area (Å²) in [4.78, 5) is 29.2. The number of methoxy groups -OCH3 is 2. The second-order valence-electron chi connectivity index (χ2n) is 8.60. The second-order valence-corrected chi connectivity index (χ2v) is 8.60. The van der Waals surface area contributed by atoms with Crippen LogP contribution >= 0.6 is 0 Å². The summed E-state index contributed by atoms with van der Waals surface area (Å²) in [5.41, 5.74) is 3.30. The van der Waals surface area contributed by atoms with Crippen LogP contribution in [0.5, 0.6) is 11.5 Å². The molecule has 36 heavy (non-hydrogen) atoms. The van der Waals surface area contributed by atoms with E-state index in [0.29, 0.717) is 33.8 Å². The molecule has 0 bridgehead atoms. The molecule has 2 aromatic heterocycles. The summed E-state index contributed by atoms with van der Waals surface area (Å²) in [5, 5.41) is 5.94. The van der Waals surface area contributed by atoms with Crippen LogP contribution in [0.25, 0.3) is 27.5 Å². The highest BCUT2D eigenvalue weighted by molar-refractivity contribution is 6.20. The molecule has 5 rings (SSSR count). The van der Waals surface area contributed by atoms with Crippen LogP contribution in [-0.4, -0.2) is 41.5 Å². The molecular weight excluding hydrogens is 456 g/mol. The minimum atomic E-state index is -0.374. The number of rotatable bonds is 5. The fourth-order valence-electron chi connectivity index (χ4n) is 4.52. The van der Waals surface area contributed by atoms with Gasteiger partial charge in [-0.15, -0.1) is 0 Å². The average Bonchev–Trinajstić information content (AvgIpc) is 3.21. The van der Waals surface area contributed by atoms with Crippen molar-refractivity contribution in [2.24, 2.45) is 7.05 Å². The molecule has 0 aliphatic carbocycles. The lowest BCUT2D eigenvalue weighted by atomic mass is 10.1. The number of aryl methyl sites for hydroxylation is 2. The Balaban J connectivity index is 1.80. The first-order valence-electron chi connectivity index (χ1n) is 11.4. The molecule has 0 N–H and O–H groups in total. The van der Waals surface area contributed by atoms with Gasteiger partial charge in [-0.3, -0.25) is 9.59 Å². The van der Waals surface area contributed by atoms with Crippen molar-refractivity contribution in [2.75, 3.05) is 26.2 Å². The molecular formula is C28H26N4O4. The molecule has 0 saturated carbocycles. The Labute approximate surface area is 207 Å². The lowest BCUT2D eigenvalue weighted by Gasteiger charge is -2.21. The first-order chi connectivity index (χ1) is 17.3. The summed E-state index contributed by atoms with van der Waals surface area (Å²) >= 11 is 0. The summed E-state index contributed by atoms with van der Waals surface area (Å²) in [6, 6.07) is 20.3. The van der Waals surface area contributed by atoms with Crippen molar-refractivity contribution in [1.82, 2.24) is 14.3 Å². The molecule has 0 unspecified atom stereocenters. The standard InChI is InChI=1S/C28H26N4O4/c1-17-10-12-18(13-11-17)32-28(34)26-24(20-8-6-7-9-21(20)30(26)2)25(29-32)27(33)31(3)22-15-14-19(35-4)16-23(22)36-5/h6-16H,1-5H3. The summed E-state index contributed by atoms with van der Waals surface area (Å²) in [6.07, 6.45) is 0. The number of hydrogen-bond donors (Lipinski definition) is 0. The maximum atomic E-state index is 14.0. The normalized spacial score (nSPS) is 11.1. The Kier molecular flexibility index (Phi) is 5.72. The van der Waals surface area contributed by atoms with Gasteiger partial charge >= 0.3 is 0 Å². The first-order valence-corrected chi connectivity index (χ1v) is 11.4. The number of ether oxygens (including phenoxy) is 2. The van der Waals surface area contributed by atoms with E-state index in [0.717, 1.165) is 16.5 Å². The summed E-state index contributed by atoms with van der Waals surface area (Å²) in [7, 11) is 6.59. The number of hydrogen-bond acceptors (Lipinski definition) is 5. The highest BCUT2D eigenvalue weighted by atomic mass is 16.5. The summed E-state index contributed by atoms with van der Waals surface area (Å²) in [6.45, 7) is 1.97. The third-order valence-corrected chi connectivity index (χ3v) is 6.47. The number of para-hydroxylation sites is 1. The molecule has 0 aliphatic rings. The van der Waals surface area contributed by atoms with Gasteiger partial charge in [-0.1, -0.05) is 35.9 Å². The number of fused-ring (bicyclic) bond motifs is 3. The van der Waals surface area contributed by atoms with E-state index in [-0.39, 0.29) is 17.2 Å². The molecule has 3 aromatic carbocycles. The number of carbonyl (C=O) groups excluding carboxylic acids is 1. The molecule has 8 heteroatoms. The smallest absolute Gasteiger partial charge is 0.296 e. The fraction of sp³-hybridized carbons (Fsp3) is 0.179. The quantitative estimate of drug-likeness (QED) is 0.369. The van der Waals surface area contributed by atoms with Gasteiger partial charge in [-0.25, -0.2) is 0 Å². The van der Waals surface area contributed by atoms with Crippen molar-refractivity contribution in [2.45, 2.75) is 6.92 Å². The van der Waals surface area contributed by atoms with E-state index in [2.05, 4.69) is 5.10 Å². The Hall–Kier alpha value is -4.59. The molecule has 8 nitrogen and oxygen atoms in total. The molecule has 0 atom stereocenters. The van der Waals surface area contributed by atoms with Gasteiger partial charge < -0.3 is 18.9 Å². The van der Waals surface area contributed by atoms with Crippen LogP contribution in [0.4, 0.5) is 5.69 Å². The first kappa shape index (κ1) is 23.2. The van der Waals surface area contributed by atoms with Crippen molar-refractivity contribution in [3.8, 4) is 17.2 Å². The van der Waals surface area contributed by atoms with Crippen LogP contribution < -0.4 is 19.9 Å². The van der Waals surface area contributed by atoms with Crippen LogP contribution in [0.3, 0.4) is 0 Å². The van der Waals surface area contributed by atoms with Crippen LogP contribution in [0, 0.1) is 6.92 Å². The molecule has 0 aliphatic heterocycles. The third-order valence-electron chi connectivity index (χ3n) is 6.47. The lowest BCUT2D eigenvalue weighted by Crippen LogP contribution is -2.32. The van der Waals surface area contributed by atoms with E-state index in [4.69, 9.17) is 9.47 Å². The number of benzene rings is 3. The molecule has 5 aromatic rings. The van der Waals surface area contributed by atoms with E-state index >= 15 is 0 Å². The summed E-state index contributed by atoms with van der Waals surface area (Å²) < 4.78 is 13.9. The van der Waals surface area contributed by atoms with Gasteiger partial charge in [0.15, 0.2) is 5.69 Å². The van der Waals surface area contributed by atoms with Crippen LogP contribution in [0.2, 0.25) is 0 Å². The highest BCUT2D eigenvalue weighted by Gasteiger charge is 2.27. The van der Waals surface area contributed by atoms with Gasteiger partial charge in [0.2, 0.25) is 0 Å². The van der Waals surface area contributed by atoms with Crippen molar-refractivity contribution in [3.63, 3.8) is 0 Å². The van der Waals surface area contributed by atoms with E-state index in [1.165, 1.54) is 16.7 Å². The third kappa shape index (κ3) is 3.58. The van der Waals surface area contributed by atoms with E-state index in [1.54, 1.807) is 32.4 Å². The Bertz CT molecular complexity index is 1680. The minimum absolute atomic E-state index is 0.169. The van der Waals surface area contributed by atoms with Crippen LogP contribution in [-0.2, 0) is 7.05 Å². The SMILES string of the molecule is COc1ccc(N(C)C(=O)c2nn(-c3ccc(C)cc3)c(=O)c3c2c2ccccc2n3C)c(OC)c1. The minimum Gasteiger partial charge on any atom is -0.497 e. The Morgan fingerprint density at radius 1 is 0.972 bits per heavy atom. The maximum absolute atomic E-state index is 14.0. The van der Waals surface area contributed by atoms with Gasteiger partial charge in [-0.05, 0) is 37.3 Å². The van der Waals surface area contributed by atoms with Gasteiger partial charge in [-0.2, -0.15) is 9.78 Å². The number of amides is 1. The van der Waals surface area contributed by atoms with Crippen molar-refractivity contribution >= 4 is 33.4 Å². The fourth-order valence-corrected chi connectivity index (χ4v) is 4.52. The lowest BCUT2D eigenvalue weighted by molar-refractivity contribution is 0.0988. The number of carbonyl (C=O) groups is 1. The Morgan fingerprint density at radius 3 is 2.39 bits per heavy atom. The highest BCUT2D eigenvalue weighted by Crippen LogP contribution is 2.34. The number of nitrogens with zero attached hydrogens (tertiary/aromatic N) is 4. The van der Waals surface area contributed by atoms with Crippen molar-refractivity contribution in [3.05, 3.63) is 88.3 Å². The maximum Gasteiger partial charge on any atom is 0.296 e. The molecule has 0 spiro atoms. The van der Waals surface area contributed by atoms with Gasteiger partial charge in [0.1, 0.15) is 17.0 Å². The van der Waals surface area contributed by atoms with Crippen LogP contribution in [0.1, 0.15) is 16.1 Å². The number of aromatic nitrogens is 3. The molecule has 2 heterocycles. The van der Waals surface area contributed by atoms with E-state index in [1.807, 2.05) is 67.1 Å². The number of anilines is 1. The molecule has 1 amide bonds. The predicted octanol–water partition coefficient (Wildman–Crippen LogP) is 4.48. The van der Waals surface area contributed by atoms with Gasteiger partial charge in [0, 0.05) is 36.5 Å². The zero-order chi connectivity index (χ0) is 25.6. The molecule has 0 saturated heterocycles. The van der Waals surface area contributed by atoms with Gasteiger partial charge in [0.25, 0.3) is 11.5 Å². The average molecular weight is 483 g/mol. The van der Waals surface area contributed by atoms with Crippen LogP contribution in [0.15, 0.2) is 71.5 Å². The topological polar surface area (TPSA) is 78.6 Å². The summed E-state index contributed by atoms with van der Waals surface area (Å²) in [5.74, 6) is 0.714. The molecule has 182 valence electrons. The molecule has 0 radical (unpaired) electrons. The second kappa shape index (κ2) is 8.88. The van der Waals surface area contributed by atoms with E-state index < -0.39 is 0 Å². The monoisotopic (exact) mass is 482 g/mol. The van der Waals surface area contributed by atoms with Crippen molar-refractivity contribution in [1.29, 1.82) is 0 Å². The van der Waals surface area contributed by atoms with E-state index in [9.17, 15) is 9.59 Å². The zero-order valence-corrected chi connectivity index (χ0v) is 20.8. The predicted molar refractivity (Wildman–Crippen MR) is 141 cm³/mol. The van der Waals surface area contributed by atoms with Gasteiger partial charge in [0.05, 0.1) is 25.6 Å².